The lowest BCUT2D eigenvalue weighted by atomic mass is 9.96. The van der Waals surface area contributed by atoms with Gasteiger partial charge in [-0.25, -0.2) is 0 Å². The van der Waals surface area contributed by atoms with E-state index in [9.17, 15) is 4.79 Å². The van der Waals surface area contributed by atoms with Crippen LogP contribution in [0.15, 0.2) is 11.4 Å². The fourth-order valence-corrected chi connectivity index (χ4v) is 3.18. The lowest BCUT2D eigenvalue weighted by molar-refractivity contribution is 0.112. The van der Waals surface area contributed by atoms with Crippen LogP contribution in [-0.4, -0.2) is 44.9 Å². The third kappa shape index (κ3) is 3.30. The number of anilines is 1. The topological polar surface area (TPSA) is 23.6 Å². The average Bonchev–Trinajstić information content (AvgIpc) is 2.78. The molecule has 17 heavy (non-hydrogen) atoms. The normalized spacial score (nSPS) is 17.7. The predicted octanol–water partition coefficient (Wildman–Crippen LogP) is 2.34. The van der Waals surface area contributed by atoms with E-state index in [2.05, 4.69) is 29.3 Å². The summed E-state index contributed by atoms with van der Waals surface area (Å²) in [4.78, 5) is 16.2. The molecule has 2 heterocycles. The first-order valence-corrected chi connectivity index (χ1v) is 7.00. The number of aldehydes is 1. The summed E-state index contributed by atoms with van der Waals surface area (Å²) in [5.41, 5.74) is 1.22. The Balaban J connectivity index is 1.88. The van der Waals surface area contributed by atoms with Crippen molar-refractivity contribution in [1.29, 1.82) is 0 Å². The summed E-state index contributed by atoms with van der Waals surface area (Å²) in [6.45, 7) is 3.43. The van der Waals surface area contributed by atoms with Crippen LogP contribution in [0.2, 0.25) is 0 Å². The first kappa shape index (κ1) is 12.6. The van der Waals surface area contributed by atoms with Crippen molar-refractivity contribution in [2.45, 2.75) is 12.8 Å². The Kier molecular flexibility index (Phi) is 4.18. The fraction of sp³-hybridized carbons (Fsp3) is 0.615. The van der Waals surface area contributed by atoms with Gasteiger partial charge in [0.25, 0.3) is 0 Å². The van der Waals surface area contributed by atoms with E-state index in [1.807, 2.05) is 6.07 Å². The summed E-state index contributed by atoms with van der Waals surface area (Å²) in [6, 6.07) is 2.00. The Morgan fingerprint density at radius 3 is 2.71 bits per heavy atom. The van der Waals surface area contributed by atoms with Gasteiger partial charge in [-0.15, -0.1) is 11.3 Å². The molecule has 4 heteroatoms. The molecule has 0 radical (unpaired) electrons. The molecule has 0 amide bonds. The number of piperidine rings is 1. The molecule has 0 N–H and O–H groups in total. The van der Waals surface area contributed by atoms with Gasteiger partial charge in [-0.2, -0.15) is 0 Å². The smallest absolute Gasteiger partial charge is 0.160 e. The maximum Gasteiger partial charge on any atom is 0.160 e. The van der Waals surface area contributed by atoms with Crippen molar-refractivity contribution in [2.75, 3.05) is 38.6 Å². The summed E-state index contributed by atoms with van der Waals surface area (Å²) in [5.74, 6) is 0.824. The van der Waals surface area contributed by atoms with E-state index in [0.29, 0.717) is 0 Å². The van der Waals surface area contributed by atoms with Crippen molar-refractivity contribution in [3.8, 4) is 0 Å². The molecular formula is C13H20N2OS. The standard InChI is InChI=1S/C13H20N2OS/c1-14(2)8-11-3-5-15(6-4-11)12-7-13(9-16)17-10-12/h7,9-11H,3-6,8H2,1-2H3. The van der Waals surface area contributed by atoms with Crippen molar-refractivity contribution in [3.63, 3.8) is 0 Å². The molecule has 0 unspecified atom stereocenters. The molecule has 94 valence electrons. The van der Waals surface area contributed by atoms with Crippen molar-refractivity contribution in [2.24, 2.45) is 5.92 Å². The highest BCUT2D eigenvalue weighted by molar-refractivity contribution is 7.12. The second kappa shape index (κ2) is 5.65. The lowest BCUT2D eigenvalue weighted by Crippen LogP contribution is -2.36. The van der Waals surface area contributed by atoms with Gasteiger partial charge in [0.05, 0.1) is 4.88 Å². The number of rotatable bonds is 4. The molecule has 0 saturated carbocycles. The van der Waals surface area contributed by atoms with Gasteiger partial charge in [-0.05, 0) is 38.9 Å². The molecule has 1 fully saturated rings. The van der Waals surface area contributed by atoms with Crippen molar-refractivity contribution >= 4 is 23.3 Å². The minimum Gasteiger partial charge on any atom is -0.371 e. The summed E-state index contributed by atoms with van der Waals surface area (Å²) >= 11 is 1.54. The highest BCUT2D eigenvalue weighted by atomic mass is 32.1. The van der Waals surface area contributed by atoms with E-state index in [-0.39, 0.29) is 0 Å². The SMILES string of the molecule is CN(C)CC1CCN(c2csc(C=O)c2)CC1. The number of thiophene rings is 1. The maximum atomic E-state index is 10.7. The Hall–Kier alpha value is -0.870. The van der Waals surface area contributed by atoms with Crippen LogP contribution < -0.4 is 4.90 Å². The van der Waals surface area contributed by atoms with Crippen molar-refractivity contribution in [3.05, 3.63) is 16.3 Å². The van der Waals surface area contributed by atoms with Crippen LogP contribution in [0.1, 0.15) is 22.5 Å². The summed E-state index contributed by atoms with van der Waals surface area (Å²) < 4.78 is 0. The van der Waals surface area contributed by atoms with E-state index in [4.69, 9.17) is 0 Å². The molecule has 1 aromatic heterocycles. The number of nitrogens with zero attached hydrogens (tertiary/aromatic N) is 2. The maximum absolute atomic E-state index is 10.7. The third-order valence-corrected chi connectivity index (χ3v) is 4.17. The van der Waals surface area contributed by atoms with Crippen molar-refractivity contribution < 1.29 is 4.79 Å². The van der Waals surface area contributed by atoms with E-state index in [1.54, 1.807) is 0 Å². The molecule has 0 aliphatic carbocycles. The van der Waals surface area contributed by atoms with Crippen LogP contribution in [0.4, 0.5) is 5.69 Å². The zero-order valence-electron chi connectivity index (χ0n) is 10.6. The van der Waals surface area contributed by atoms with Crippen LogP contribution in [0.5, 0.6) is 0 Å². The first-order valence-electron chi connectivity index (χ1n) is 6.12. The quantitative estimate of drug-likeness (QED) is 0.769. The van der Waals surface area contributed by atoms with Gasteiger partial charge in [0.15, 0.2) is 6.29 Å². The molecule has 1 aromatic rings. The summed E-state index contributed by atoms with van der Waals surface area (Å²) in [5, 5.41) is 2.09. The number of carbonyl (C=O) groups is 1. The molecule has 1 aliphatic heterocycles. The van der Waals surface area contributed by atoms with E-state index in [1.165, 1.54) is 36.4 Å². The van der Waals surface area contributed by atoms with Crippen LogP contribution in [0.25, 0.3) is 0 Å². The van der Waals surface area contributed by atoms with Crippen LogP contribution in [-0.2, 0) is 0 Å². The molecule has 3 nitrogen and oxygen atoms in total. The number of hydrogen-bond donors (Lipinski definition) is 0. The Labute approximate surface area is 107 Å². The van der Waals surface area contributed by atoms with Gasteiger partial charge in [0.2, 0.25) is 0 Å². The zero-order chi connectivity index (χ0) is 12.3. The largest absolute Gasteiger partial charge is 0.371 e. The fourth-order valence-electron chi connectivity index (χ4n) is 2.46. The van der Waals surface area contributed by atoms with Crippen LogP contribution >= 0.6 is 11.3 Å². The molecule has 1 aliphatic rings. The van der Waals surface area contributed by atoms with Crippen LogP contribution in [0.3, 0.4) is 0 Å². The first-order chi connectivity index (χ1) is 8.19. The van der Waals surface area contributed by atoms with Gasteiger partial charge in [-0.3, -0.25) is 4.79 Å². The average molecular weight is 252 g/mol. The number of carbonyl (C=O) groups excluding carboxylic acids is 1. The minimum atomic E-state index is 0.824. The second-order valence-corrected chi connectivity index (χ2v) is 5.96. The molecule has 0 atom stereocenters. The van der Waals surface area contributed by atoms with Crippen LogP contribution in [0, 0.1) is 5.92 Å². The minimum absolute atomic E-state index is 0.824. The number of hydrogen-bond acceptors (Lipinski definition) is 4. The zero-order valence-corrected chi connectivity index (χ0v) is 11.4. The monoisotopic (exact) mass is 252 g/mol. The predicted molar refractivity (Wildman–Crippen MR) is 73.2 cm³/mol. The van der Waals surface area contributed by atoms with Gasteiger partial charge < -0.3 is 9.80 Å². The Morgan fingerprint density at radius 1 is 1.47 bits per heavy atom. The summed E-state index contributed by atoms with van der Waals surface area (Å²) in [7, 11) is 4.28. The lowest BCUT2D eigenvalue weighted by Gasteiger charge is -2.34. The van der Waals surface area contributed by atoms with E-state index >= 15 is 0 Å². The highest BCUT2D eigenvalue weighted by Crippen LogP contribution is 2.27. The van der Waals surface area contributed by atoms with Gasteiger partial charge in [0, 0.05) is 30.7 Å². The van der Waals surface area contributed by atoms with Gasteiger partial charge >= 0.3 is 0 Å². The molecule has 0 aromatic carbocycles. The molecule has 1 saturated heterocycles. The second-order valence-electron chi connectivity index (χ2n) is 5.02. The summed E-state index contributed by atoms with van der Waals surface area (Å²) in [6.07, 6.45) is 3.45. The van der Waals surface area contributed by atoms with E-state index < -0.39 is 0 Å². The molecule has 0 bridgehead atoms. The van der Waals surface area contributed by atoms with E-state index in [0.717, 1.165) is 30.2 Å². The third-order valence-electron chi connectivity index (χ3n) is 3.33. The molecule has 0 spiro atoms. The van der Waals surface area contributed by atoms with Crippen molar-refractivity contribution in [1.82, 2.24) is 4.90 Å². The molecular weight excluding hydrogens is 232 g/mol. The van der Waals surface area contributed by atoms with Gasteiger partial charge in [0.1, 0.15) is 0 Å². The molecule has 2 rings (SSSR count). The Bertz CT molecular complexity index is 367. The Morgan fingerprint density at radius 2 is 2.18 bits per heavy atom. The van der Waals surface area contributed by atoms with Gasteiger partial charge in [-0.1, -0.05) is 0 Å². The highest BCUT2D eigenvalue weighted by Gasteiger charge is 2.20.